The fraction of sp³-hybridized carbons (Fsp3) is 0.647. The van der Waals surface area contributed by atoms with Crippen molar-refractivity contribution in [2.45, 2.75) is 32.4 Å². The third-order valence-electron chi connectivity index (χ3n) is 5.00. The Hall–Kier alpha value is -2.17. The molecule has 0 aromatic carbocycles. The smallest absolute Gasteiger partial charge is 0.353 e. The Labute approximate surface area is 165 Å². The van der Waals surface area contributed by atoms with Crippen LogP contribution in [0, 0.1) is 6.92 Å². The van der Waals surface area contributed by atoms with Gasteiger partial charge < -0.3 is 14.7 Å². The van der Waals surface area contributed by atoms with Gasteiger partial charge in [0.1, 0.15) is 5.82 Å². The van der Waals surface area contributed by atoms with E-state index in [0.717, 1.165) is 43.4 Å². The summed E-state index contributed by atoms with van der Waals surface area (Å²) in [6.45, 7) is 6.41. The Kier molecular flexibility index (Phi) is 5.26. The minimum absolute atomic E-state index is 0.319. The molecule has 0 aliphatic carbocycles. The minimum atomic E-state index is -4.44. The maximum atomic E-state index is 12.7. The number of alkyl halides is 3. The molecule has 4 heterocycles. The van der Waals surface area contributed by atoms with Crippen LogP contribution in [0.2, 0.25) is 0 Å². The predicted octanol–water partition coefficient (Wildman–Crippen LogP) is 2.97. The third kappa shape index (κ3) is 4.13. The summed E-state index contributed by atoms with van der Waals surface area (Å²) in [7, 11) is 0. The largest absolute Gasteiger partial charge is 0.445 e. The van der Waals surface area contributed by atoms with Crippen molar-refractivity contribution in [1.82, 2.24) is 20.2 Å². The first kappa shape index (κ1) is 19.2. The number of halogens is 3. The van der Waals surface area contributed by atoms with Crippen molar-refractivity contribution in [3.05, 3.63) is 16.8 Å². The summed E-state index contributed by atoms with van der Waals surface area (Å²) in [5, 5.41) is 6.41. The number of piperidine rings is 1. The summed E-state index contributed by atoms with van der Waals surface area (Å²) in [6, 6.07) is 1.97. The monoisotopic (exact) mass is 413 g/mol. The first-order chi connectivity index (χ1) is 13.4. The van der Waals surface area contributed by atoms with Crippen LogP contribution < -0.4 is 14.7 Å². The molecule has 0 amide bonds. The molecule has 0 unspecified atom stereocenters. The summed E-state index contributed by atoms with van der Waals surface area (Å²) in [6.07, 6.45) is -0.875. The molecule has 11 heteroatoms. The quantitative estimate of drug-likeness (QED) is 0.767. The van der Waals surface area contributed by atoms with Gasteiger partial charge in [0.05, 0.1) is 0 Å². The fourth-order valence-electron chi connectivity index (χ4n) is 3.52. The highest BCUT2D eigenvalue weighted by atomic mass is 32.1. The molecule has 0 spiro atoms. The van der Waals surface area contributed by atoms with Gasteiger partial charge in [-0.2, -0.15) is 18.2 Å². The molecule has 2 aliphatic heterocycles. The zero-order chi connectivity index (χ0) is 19.7. The Morgan fingerprint density at radius 2 is 1.54 bits per heavy atom. The number of rotatable bonds is 3. The second kappa shape index (κ2) is 7.69. The van der Waals surface area contributed by atoms with Crippen molar-refractivity contribution >= 4 is 28.2 Å². The zero-order valence-electron chi connectivity index (χ0n) is 15.6. The molecule has 2 aromatic rings. The first-order valence-corrected chi connectivity index (χ1v) is 10.2. The lowest BCUT2D eigenvalue weighted by Crippen LogP contribution is -2.47. The lowest BCUT2D eigenvalue weighted by molar-refractivity contribution is -0.138. The van der Waals surface area contributed by atoms with Gasteiger partial charge in [0.2, 0.25) is 16.1 Å². The Morgan fingerprint density at radius 3 is 2.18 bits per heavy atom. The average Bonchev–Trinajstić information content (AvgIpc) is 3.19. The van der Waals surface area contributed by atoms with Crippen molar-refractivity contribution in [3.8, 4) is 0 Å². The van der Waals surface area contributed by atoms with Gasteiger partial charge in [-0.25, -0.2) is 4.98 Å². The molecule has 2 fully saturated rings. The molecule has 0 radical (unpaired) electrons. The Bertz CT molecular complexity index is 811. The second-order valence-corrected chi connectivity index (χ2v) is 8.03. The van der Waals surface area contributed by atoms with Gasteiger partial charge in [0, 0.05) is 51.0 Å². The lowest BCUT2D eigenvalue weighted by atomic mass is 10.1. The van der Waals surface area contributed by atoms with E-state index in [2.05, 4.69) is 25.0 Å². The molecule has 0 bridgehead atoms. The first-order valence-electron chi connectivity index (χ1n) is 9.41. The fourth-order valence-corrected chi connectivity index (χ4v) is 4.28. The van der Waals surface area contributed by atoms with Crippen LogP contribution in [0.5, 0.6) is 0 Å². The molecular weight excluding hydrogens is 391 g/mol. The van der Waals surface area contributed by atoms with Crippen LogP contribution in [-0.2, 0) is 6.18 Å². The molecule has 0 atom stereocenters. The van der Waals surface area contributed by atoms with Crippen LogP contribution in [0.1, 0.15) is 30.0 Å². The van der Waals surface area contributed by atoms with Crippen molar-refractivity contribution < 1.29 is 13.2 Å². The van der Waals surface area contributed by atoms with Gasteiger partial charge in [-0.05, 0) is 26.2 Å². The van der Waals surface area contributed by atoms with Crippen LogP contribution in [0.15, 0.2) is 6.07 Å². The maximum absolute atomic E-state index is 12.7. The molecule has 152 valence electrons. The van der Waals surface area contributed by atoms with E-state index in [-0.39, 0.29) is 0 Å². The van der Waals surface area contributed by atoms with E-state index < -0.39 is 11.2 Å². The number of anilines is 3. The van der Waals surface area contributed by atoms with E-state index in [1.807, 2.05) is 17.9 Å². The molecule has 4 rings (SSSR count). The summed E-state index contributed by atoms with van der Waals surface area (Å²) < 4.78 is 38.2. The summed E-state index contributed by atoms with van der Waals surface area (Å²) in [5.74, 6) is 1.65. The third-order valence-corrected chi connectivity index (χ3v) is 6.03. The summed E-state index contributed by atoms with van der Waals surface area (Å²) in [5.41, 5.74) is 0.923. The molecule has 2 saturated heterocycles. The van der Waals surface area contributed by atoms with Gasteiger partial charge in [0.15, 0.2) is 0 Å². The van der Waals surface area contributed by atoms with E-state index in [0.29, 0.717) is 42.6 Å². The number of hydrogen-bond acceptors (Lipinski definition) is 8. The topological polar surface area (TPSA) is 61.3 Å². The molecule has 2 aromatic heterocycles. The van der Waals surface area contributed by atoms with Crippen LogP contribution in [-0.4, -0.2) is 59.4 Å². The van der Waals surface area contributed by atoms with Crippen LogP contribution in [0.3, 0.4) is 0 Å². The number of nitrogens with zero attached hydrogens (tertiary/aromatic N) is 7. The number of aryl methyl sites for hydroxylation is 1. The molecule has 2 aliphatic rings. The number of piperazine rings is 1. The molecule has 28 heavy (non-hydrogen) atoms. The molecular formula is C17H22F3N7S. The van der Waals surface area contributed by atoms with Crippen molar-refractivity contribution in [1.29, 1.82) is 0 Å². The van der Waals surface area contributed by atoms with Crippen molar-refractivity contribution in [2.24, 2.45) is 0 Å². The van der Waals surface area contributed by atoms with Gasteiger partial charge in [0.25, 0.3) is 0 Å². The van der Waals surface area contributed by atoms with Gasteiger partial charge in [-0.15, -0.1) is 10.2 Å². The molecule has 7 nitrogen and oxygen atoms in total. The lowest BCUT2D eigenvalue weighted by Gasteiger charge is -2.35. The van der Waals surface area contributed by atoms with Gasteiger partial charge >= 0.3 is 6.18 Å². The van der Waals surface area contributed by atoms with Crippen LogP contribution in [0.4, 0.5) is 30.1 Å². The molecule has 0 N–H and O–H groups in total. The Morgan fingerprint density at radius 1 is 0.857 bits per heavy atom. The predicted molar refractivity (Wildman–Crippen MR) is 102 cm³/mol. The van der Waals surface area contributed by atoms with Gasteiger partial charge in [-0.1, -0.05) is 11.3 Å². The highest BCUT2D eigenvalue weighted by Crippen LogP contribution is 2.34. The standard InChI is InChI=1S/C17H22F3N7S/c1-12-11-13(22-15(21-12)26-5-3-2-4-6-26)25-7-9-27(10-8-25)16-24-23-14(28-16)17(18,19)20/h11H,2-10H2,1H3. The van der Waals surface area contributed by atoms with Crippen molar-refractivity contribution in [3.63, 3.8) is 0 Å². The van der Waals surface area contributed by atoms with E-state index in [1.165, 1.54) is 6.42 Å². The zero-order valence-corrected chi connectivity index (χ0v) is 16.4. The number of aromatic nitrogens is 4. The SMILES string of the molecule is Cc1cc(N2CCN(c3nnc(C(F)(F)F)s3)CC2)nc(N2CCCCC2)n1. The van der Waals surface area contributed by atoms with Crippen LogP contribution in [0.25, 0.3) is 0 Å². The highest BCUT2D eigenvalue weighted by Gasteiger charge is 2.36. The van der Waals surface area contributed by atoms with Crippen molar-refractivity contribution in [2.75, 3.05) is 54.0 Å². The minimum Gasteiger partial charge on any atom is -0.353 e. The van der Waals surface area contributed by atoms with E-state index in [1.54, 1.807) is 0 Å². The normalized spacial score (nSPS) is 18.6. The average molecular weight is 413 g/mol. The second-order valence-electron chi connectivity index (χ2n) is 7.08. The van der Waals surface area contributed by atoms with Gasteiger partial charge in [-0.3, -0.25) is 0 Å². The highest BCUT2D eigenvalue weighted by molar-refractivity contribution is 7.15. The summed E-state index contributed by atoms with van der Waals surface area (Å²) in [4.78, 5) is 15.6. The maximum Gasteiger partial charge on any atom is 0.445 e. The Balaban J connectivity index is 1.43. The van der Waals surface area contributed by atoms with E-state index in [9.17, 15) is 13.2 Å². The van der Waals surface area contributed by atoms with E-state index >= 15 is 0 Å². The molecule has 0 saturated carbocycles. The summed E-state index contributed by atoms with van der Waals surface area (Å²) >= 11 is 0.595. The van der Waals surface area contributed by atoms with E-state index in [4.69, 9.17) is 4.98 Å². The number of hydrogen-bond donors (Lipinski definition) is 0. The van der Waals surface area contributed by atoms with Crippen LogP contribution >= 0.6 is 11.3 Å².